The van der Waals surface area contributed by atoms with Crippen LogP contribution in [0, 0.1) is 0 Å². The second-order valence-electron chi connectivity index (χ2n) is 7.17. The third-order valence-electron chi connectivity index (χ3n) is 3.89. The van der Waals surface area contributed by atoms with Crippen molar-refractivity contribution in [3.8, 4) is 5.75 Å². The van der Waals surface area contributed by atoms with Gasteiger partial charge in [0.05, 0.1) is 23.9 Å². The summed E-state index contributed by atoms with van der Waals surface area (Å²) < 4.78 is 11.3. The minimum atomic E-state index is -0.678. The molecule has 0 aromatic heterocycles. The van der Waals surface area contributed by atoms with Crippen LogP contribution >= 0.6 is 0 Å². The second-order valence-corrected chi connectivity index (χ2v) is 7.17. The molecule has 22 heavy (non-hydrogen) atoms. The highest BCUT2D eigenvalue weighted by Gasteiger charge is 2.38. The molecule has 1 aromatic carbocycles. The van der Waals surface area contributed by atoms with E-state index >= 15 is 0 Å². The Bertz CT molecular complexity index is 470. The average molecular weight is 307 g/mol. The number of nitrogens with one attached hydrogen (secondary N) is 1. The summed E-state index contributed by atoms with van der Waals surface area (Å²) >= 11 is 0. The van der Waals surface area contributed by atoms with Gasteiger partial charge < -0.3 is 19.9 Å². The van der Waals surface area contributed by atoms with E-state index in [1.54, 1.807) is 0 Å². The Morgan fingerprint density at radius 3 is 2.55 bits per heavy atom. The third-order valence-corrected chi connectivity index (χ3v) is 3.89. The van der Waals surface area contributed by atoms with E-state index < -0.39 is 5.60 Å². The van der Waals surface area contributed by atoms with Crippen molar-refractivity contribution in [3.05, 3.63) is 29.8 Å². The van der Waals surface area contributed by atoms with Gasteiger partial charge in [-0.15, -0.1) is 0 Å². The summed E-state index contributed by atoms with van der Waals surface area (Å²) in [4.78, 5) is 0. The molecule has 0 amide bonds. The fraction of sp³-hybridized carbons (Fsp3) is 0.667. The first kappa shape index (κ1) is 17.3. The number of benzene rings is 1. The maximum absolute atomic E-state index is 10.7. The van der Waals surface area contributed by atoms with E-state index in [0.717, 1.165) is 12.3 Å². The van der Waals surface area contributed by atoms with E-state index in [-0.39, 0.29) is 11.7 Å². The van der Waals surface area contributed by atoms with Crippen LogP contribution in [0.2, 0.25) is 0 Å². The van der Waals surface area contributed by atoms with Gasteiger partial charge >= 0.3 is 0 Å². The molecule has 2 rings (SSSR count). The van der Waals surface area contributed by atoms with Gasteiger partial charge in [-0.1, -0.05) is 12.1 Å². The van der Waals surface area contributed by atoms with Crippen molar-refractivity contribution in [2.24, 2.45) is 0 Å². The van der Waals surface area contributed by atoms with Crippen LogP contribution in [0.4, 0.5) is 0 Å². The van der Waals surface area contributed by atoms with Gasteiger partial charge in [0, 0.05) is 25.9 Å². The van der Waals surface area contributed by atoms with Crippen molar-refractivity contribution in [1.29, 1.82) is 0 Å². The highest BCUT2D eigenvalue weighted by Crippen LogP contribution is 2.31. The summed E-state index contributed by atoms with van der Waals surface area (Å²) in [5.41, 5.74) is 0.262. The van der Waals surface area contributed by atoms with Crippen molar-refractivity contribution in [2.45, 2.75) is 64.4 Å². The molecule has 1 aliphatic heterocycles. The van der Waals surface area contributed by atoms with Gasteiger partial charge in [0.15, 0.2) is 0 Å². The SMILES string of the molecule is CC(C)Oc1ccc(CNC[C@@]2(O)CCOC(C)(C)C2)cc1. The first-order chi connectivity index (χ1) is 10.3. The second kappa shape index (κ2) is 6.99. The predicted molar refractivity (Wildman–Crippen MR) is 88.1 cm³/mol. The highest BCUT2D eigenvalue weighted by atomic mass is 16.5. The molecule has 0 bridgehead atoms. The molecule has 124 valence electrons. The molecule has 0 aliphatic carbocycles. The normalized spacial score (nSPS) is 24.5. The van der Waals surface area contributed by atoms with E-state index in [4.69, 9.17) is 9.47 Å². The Hall–Kier alpha value is -1.10. The van der Waals surface area contributed by atoms with Gasteiger partial charge in [-0.25, -0.2) is 0 Å². The lowest BCUT2D eigenvalue weighted by atomic mass is 9.84. The van der Waals surface area contributed by atoms with E-state index in [9.17, 15) is 5.11 Å². The molecule has 4 heteroatoms. The lowest BCUT2D eigenvalue weighted by Gasteiger charge is -2.41. The van der Waals surface area contributed by atoms with Gasteiger partial charge in [0.25, 0.3) is 0 Å². The molecule has 4 nitrogen and oxygen atoms in total. The van der Waals surface area contributed by atoms with Gasteiger partial charge in [0.2, 0.25) is 0 Å². The van der Waals surface area contributed by atoms with Crippen LogP contribution in [0.15, 0.2) is 24.3 Å². The van der Waals surface area contributed by atoms with Crippen LogP contribution in [0.5, 0.6) is 5.75 Å². The molecule has 1 atom stereocenters. The van der Waals surface area contributed by atoms with Gasteiger partial charge in [0.1, 0.15) is 5.75 Å². The lowest BCUT2D eigenvalue weighted by molar-refractivity contribution is -0.142. The van der Waals surface area contributed by atoms with E-state index in [1.165, 1.54) is 5.56 Å². The quantitative estimate of drug-likeness (QED) is 0.848. The molecular formula is C18H29NO3. The summed E-state index contributed by atoms with van der Waals surface area (Å²) in [6.07, 6.45) is 1.54. The van der Waals surface area contributed by atoms with Crippen molar-refractivity contribution in [2.75, 3.05) is 13.2 Å². The molecule has 2 N–H and O–H groups in total. The summed E-state index contributed by atoms with van der Waals surface area (Å²) in [5, 5.41) is 14.0. The Labute approximate surface area is 133 Å². The van der Waals surface area contributed by atoms with Crippen molar-refractivity contribution in [3.63, 3.8) is 0 Å². The van der Waals surface area contributed by atoms with Crippen LogP contribution < -0.4 is 10.1 Å². The van der Waals surface area contributed by atoms with E-state index in [1.807, 2.05) is 39.8 Å². The predicted octanol–water partition coefficient (Wildman–Crippen LogP) is 2.88. The van der Waals surface area contributed by atoms with Crippen LogP contribution in [0.1, 0.15) is 46.1 Å². The number of hydrogen-bond acceptors (Lipinski definition) is 4. The number of rotatable bonds is 6. The molecule has 1 heterocycles. The summed E-state index contributed by atoms with van der Waals surface area (Å²) in [5.74, 6) is 0.892. The van der Waals surface area contributed by atoms with Crippen molar-refractivity contribution < 1.29 is 14.6 Å². The monoisotopic (exact) mass is 307 g/mol. The van der Waals surface area contributed by atoms with Crippen molar-refractivity contribution >= 4 is 0 Å². The van der Waals surface area contributed by atoms with E-state index in [0.29, 0.717) is 26.0 Å². The highest BCUT2D eigenvalue weighted by molar-refractivity contribution is 5.27. The van der Waals surface area contributed by atoms with Crippen LogP contribution in [0.25, 0.3) is 0 Å². The largest absolute Gasteiger partial charge is 0.491 e. The third kappa shape index (κ3) is 5.27. The van der Waals surface area contributed by atoms with Crippen LogP contribution in [0.3, 0.4) is 0 Å². The Balaban J connectivity index is 1.80. The van der Waals surface area contributed by atoms with Gasteiger partial charge in [-0.3, -0.25) is 0 Å². The minimum absolute atomic E-state index is 0.190. The standard InChI is InChI=1S/C18H29NO3/c1-14(2)22-16-7-5-15(6-8-16)11-19-13-18(20)9-10-21-17(3,4)12-18/h5-8,14,19-20H,9-13H2,1-4H3/t18-/m1/s1. The molecule has 0 unspecified atom stereocenters. The maximum Gasteiger partial charge on any atom is 0.119 e. The minimum Gasteiger partial charge on any atom is -0.491 e. The zero-order valence-electron chi connectivity index (χ0n) is 14.2. The van der Waals surface area contributed by atoms with Crippen molar-refractivity contribution in [1.82, 2.24) is 5.32 Å². The molecular weight excluding hydrogens is 278 g/mol. The Kier molecular flexibility index (Phi) is 5.48. The zero-order chi connectivity index (χ0) is 16.2. The molecule has 1 saturated heterocycles. The Morgan fingerprint density at radius 2 is 1.95 bits per heavy atom. The van der Waals surface area contributed by atoms with Gasteiger partial charge in [-0.05, 0) is 45.4 Å². The lowest BCUT2D eigenvalue weighted by Crippen LogP contribution is -2.51. The van der Waals surface area contributed by atoms with Crippen LogP contribution in [-0.4, -0.2) is 35.6 Å². The molecule has 1 aromatic rings. The zero-order valence-corrected chi connectivity index (χ0v) is 14.2. The molecule has 0 radical (unpaired) electrons. The summed E-state index contributed by atoms with van der Waals surface area (Å²) in [6.45, 7) is 10.0. The topological polar surface area (TPSA) is 50.7 Å². The van der Waals surface area contributed by atoms with E-state index in [2.05, 4.69) is 17.4 Å². The fourth-order valence-corrected chi connectivity index (χ4v) is 3.00. The average Bonchev–Trinajstić information content (AvgIpc) is 2.38. The number of aliphatic hydroxyl groups is 1. The molecule has 1 fully saturated rings. The number of ether oxygens (including phenoxy) is 2. The van der Waals surface area contributed by atoms with Crippen LogP contribution in [-0.2, 0) is 11.3 Å². The number of hydrogen-bond donors (Lipinski definition) is 2. The fourth-order valence-electron chi connectivity index (χ4n) is 3.00. The smallest absolute Gasteiger partial charge is 0.119 e. The summed E-state index contributed by atoms with van der Waals surface area (Å²) in [7, 11) is 0. The molecule has 1 aliphatic rings. The summed E-state index contributed by atoms with van der Waals surface area (Å²) in [6, 6.07) is 8.10. The molecule has 0 saturated carbocycles. The maximum atomic E-state index is 10.7. The first-order valence-corrected chi connectivity index (χ1v) is 8.11. The van der Waals surface area contributed by atoms with Gasteiger partial charge in [-0.2, -0.15) is 0 Å². The molecule has 0 spiro atoms. The Morgan fingerprint density at radius 1 is 1.27 bits per heavy atom. The first-order valence-electron chi connectivity index (χ1n) is 8.11.